The Bertz CT molecular complexity index is 274. The molecule has 1 N–H and O–H groups in total. The second-order valence-corrected chi connectivity index (χ2v) is 6.05. The molecule has 2 rings (SSSR count). The summed E-state index contributed by atoms with van der Waals surface area (Å²) in [4.78, 5) is 0. The number of nitrogens with one attached hydrogen (secondary N) is 1. The predicted octanol–water partition coefficient (Wildman–Crippen LogP) is 2.76. The number of rotatable bonds is 7. The summed E-state index contributed by atoms with van der Waals surface area (Å²) in [6.07, 6.45) is 9.80. The Balaban J connectivity index is 1.51. The highest BCUT2D eigenvalue weighted by molar-refractivity contribution is 4.93. The van der Waals surface area contributed by atoms with Crippen molar-refractivity contribution in [3.8, 4) is 0 Å². The van der Waals surface area contributed by atoms with Crippen LogP contribution < -0.4 is 5.32 Å². The fourth-order valence-electron chi connectivity index (χ4n) is 2.96. The van der Waals surface area contributed by atoms with Gasteiger partial charge in [0.1, 0.15) is 0 Å². The van der Waals surface area contributed by atoms with E-state index in [9.17, 15) is 0 Å². The average Bonchev–Trinajstić information content (AvgIpc) is 2.94. The van der Waals surface area contributed by atoms with Crippen molar-refractivity contribution in [1.29, 1.82) is 0 Å². The van der Waals surface area contributed by atoms with Gasteiger partial charge in [0.2, 0.25) is 0 Å². The first-order valence-corrected chi connectivity index (χ1v) is 7.85. The first kappa shape index (κ1) is 15.0. The molecule has 0 aromatic carbocycles. The van der Waals surface area contributed by atoms with Gasteiger partial charge in [-0.3, -0.25) is 0 Å². The van der Waals surface area contributed by atoms with Crippen molar-refractivity contribution in [1.82, 2.24) is 5.32 Å². The van der Waals surface area contributed by atoms with Gasteiger partial charge in [0.15, 0.2) is 0 Å². The summed E-state index contributed by atoms with van der Waals surface area (Å²) in [5, 5.41) is 3.51. The zero-order valence-corrected chi connectivity index (χ0v) is 12.4. The normalized spacial score (nSPS) is 32.6. The molecule has 1 saturated heterocycles. The number of hydrogen-bond donors (Lipinski definition) is 1. The van der Waals surface area contributed by atoms with Gasteiger partial charge in [0.25, 0.3) is 0 Å². The third kappa shape index (κ3) is 4.90. The van der Waals surface area contributed by atoms with Crippen molar-refractivity contribution in [2.24, 2.45) is 11.8 Å². The molecule has 1 aliphatic heterocycles. The van der Waals surface area contributed by atoms with Gasteiger partial charge >= 0.3 is 0 Å². The molecule has 4 unspecified atom stereocenters. The molecule has 1 heterocycles. The standard InChI is InChI=1S/C16H29NO2/c1-13-6-3-4-7-15(13)12-18-11-9-17-14(2)16-8-5-10-19-16/h3-4,13-17H,5-12H2,1-2H3. The van der Waals surface area contributed by atoms with Crippen molar-refractivity contribution in [3.63, 3.8) is 0 Å². The van der Waals surface area contributed by atoms with E-state index < -0.39 is 0 Å². The van der Waals surface area contributed by atoms with Crippen LogP contribution >= 0.6 is 0 Å². The lowest BCUT2D eigenvalue weighted by Gasteiger charge is -2.25. The molecule has 0 aromatic rings. The first-order valence-electron chi connectivity index (χ1n) is 7.85. The molecule has 0 aromatic heterocycles. The fourth-order valence-corrected chi connectivity index (χ4v) is 2.96. The third-order valence-corrected chi connectivity index (χ3v) is 4.49. The van der Waals surface area contributed by atoms with E-state index in [1.165, 1.54) is 25.7 Å². The van der Waals surface area contributed by atoms with Gasteiger partial charge in [-0.15, -0.1) is 0 Å². The van der Waals surface area contributed by atoms with E-state index >= 15 is 0 Å². The average molecular weight is 267 g/mol. The summed E-state index contributed by atoms with van der Waals surface area (Å²) in [5.74, 6) is 1.48. The second kappa shape index (κ2) is 8.03. The minimum Gasteiger partial charge on any atom is -0.380 e. The topological polar surface area (TPSA) is 30.5 Å². The van der Waals surface area contributed by atoms with E-state index in [0.29, 0.717) is 18.1 Å². The first-order chi connectivity index (χ1) is 9.27. The van der Waals surface area contributed by atoms with E-state index in [2.05, 4.69) is 31.3 Å². The Kier molecular flexibility index (Phi) is 6.35. The molecule has 1 aliphatic carbocycles. The molecule has 19 heavy (non-hydrogen) atoms. The van der Waals surface area contributed by atoms with Crippen LogP contribution in [-0.2, 0) is 9.47 Å². The number of ether oxygens (including phenoxy) is 2. The van der Waals surface area contributed by atoms with Crippen LogP contribution in [0, 0.1) is 11.8 Å². The lowest BCUT2D eigenvalue weighted by atomic mass is 9.85. The highest BCUT2D eigenvalue weighted by Gasteiger charge is 2.21. The van der Waals surface area contributed by atoms with Gasteiger partial charge < -0.3 is 14.8 Å². The van der Waals surface area contributed by atoms with Crippen molar-refractivity contribution in [2.45, 2.75) is 51.7 Å². The van der Waals surface area contributed by atoms with Crippen LogP contribution in [0.3, 0.4) is 0 Å². The lowest BCUT2D eigenvalue weighted by molar-refractivity contribution is 0.0642. The molecule has 3 nitrogen and oxygen atoms in total. The maximum Gasteiger partial charge on any atom is 0.0726 e. The van der Waals surface area contributed by atoms with Gasteiger partial charge in [0.05, 0.1) is 19.3 Å². The van der Waals surface area contributed by atoms with Crippen LogP contribution in [0.1, 0.15) is 39.5 Å². The molecule has 0 bridgehead atoms. The molecule has 4 atom stereocenters. The molecule has 0 amide bonds. The van der Waals surface area contributed by atoms with Crippen LogP contribution in [0.25, 0.3) is 0 Å². The molecule has 110 valence electrons. The number of hydrogen-bond acceptors (Lipinski definition) is 3. The monoisotopic (exact) mass is 267 g/mol. The van der Waals surface area contributed by atoms with Crippen molar-refractivity contribution in [3.05, 3.63) is 12.2 Å². The molecular weight excluding hydrogens is 238 g/mol. The maximum absolute atomic E-state index is 5.82. The van der Waals surface area contributed by atoms with Gasteiger partial charge in [-0.05, 0) is 44.4 Å². The summed E-state index contributed by atoms with van der Waals surface area (Å²) in [6.45, 7) is 8.11. The van der Waals surface area contributed by atoms with E-state index in [4.69, 9.17) is 9.47 Å². The molecule has 3 heteroatoms. The predicted molar refractivity (Wildman–Crippen MR) is 78.3 cm³/mol. The highest BCUT2D eigenvalue weighted by atomic mass is 16.5. The van der Waals surface area contributed by atoms with Gasteiger partial charge in [-0.2, -0.15) is 0 Å². The Morgan fingerprint density at radius 1 is 1.37 bits per heavy atom. The van der Waals surface area contributed by atoms with Crippen LogP contribution in [0.2, 0.25) is 0 Å². The van der Waals surface area contributed by atoms with E-state index in [-0.39, 0.29) is 0 Å². The van der Waals surface area contributed by atoms with Gasteiger partial charge in [0, 0.05) is 19.2 Å². The van der Waals surface area contributed by atoms with Crippen molar-refractivity contribution in [2.75, 3.05) is 26.4 Å². The van der Waals surface area contributed by atoms with E-state index in [1.54, 1.807) is 0 Å². The summed E-state index contributed by atoms with van der Waals surface area (Å²) >= 11 is 0. The quantitative estimate of drug-likeness (QED) is 0.568. The summed E-state index contributed by atoms with van der Waals surface area (Å²) in [5.41, 5.74) is 0. The van der Waals surface area contributed by atoms with Crippen molar-refractivity contribution < 1.29 is 9.47 Å². The highest BCUT2D eigenvalue weighted by Crippen LogP contribution is 2.24. The molecular formula is C16H29NO2. The Labute approximate surface area is 117 Å². The molecule has 2 aliphatic rings. The Morgan fingerprint density at radius 3 is 2.95 bits per heavy atom. The van der Waals surface area contributed by atoms with Crippen LogP contribution in [-0.4, -0.2) is 38.5 Å². The minimum absolute atomic E-state index is 0.406. The number of allylic oxidation sites excluding steroid dienone is 2. The Hall–Kier alpha value is -0.380. The third-order valence-electron chi connectivity index (χ3n) is 4.49. The largest absolute Gasteiger partial charge is 0.380 e. The minimum atomic E-state index is 0.406. The van der Waals surface area contributed by atoms with Crippen molar-refractivity contribution >= 4 is 0 Å². The summed E-state index contributed by atoms with van der Waals surface area (Å²) in [6, 6.07) is 0.447. The summed E-state index contributed by atoms with van der Waals surface area (Å²) in [7, 11) is 0. The molecule has 0 radical (unpaired) electrons. The maximum atomic E-state index is 5.82. The zero-order valence-electron chi connectivity index (χ0n) is 12.4. The van der Waals surface area contributed by atoms with E-state index in [1.807, 2.05) is 0 Å². The van der Waals surface area contributed by atoms with Gasteiger partial charge in [-0.1, -0.05) is 19.1 Å². The molecule has 1 fully saturated rings. The van der Waals surface area contributed by atoms with E-state index in [0.717, 1.165) is 32.3 Å². The zero-order chi connectivity index (χ0) is 13.5. The molecule has 0 saturated carbocycles. The summed E-state index contributed by atoms with van der Waals surface area (Å²) < 4.78 is 11.5. The second-order valence-electron chi connectivity index (χ2n) is 6.05. The SMILES string of the molecule is CC1CC=CCC1COCCNC(C)C1CCCO1. The van der Waals surface area contributed by atoms with Gasteiger partial charge in [-0.25, -0.2) is 0 Å². The van der Waals surface area contributed by atoms with Crippen LogP contribution in [0.5, 0.6) is 0 Å². The van der Waals surface area contributed by atoms with Crippen LogP contribution in [0.4, 0.5) is 0 Å². The Morgan fingerprint density at radius 2 is 2.21 bits per heavy atom. The fraction of sp³-hybridized carbons (Fsp3) is 0.875. The smallest absolute Gasteiger partial charge is 0.0726 e. The molecule has 0 spiro atoms. The van der Waals surface area contributed by atoms with Crippen LogP contribution in [0.15, 0.2) is 12.2 Å². The lowest BCUT2D eigenvalue weighted by Crippen LogP contribution is -2.38.